The van der Waals surface area contributed by atoms with Crippen LogP contribution in [0.1, 0.15) is 20.8 Å². The lowest BCUT2D eigenvalue weighted by molar-refractivity contribution is 0.0639. The van der Waals surface area contributed by atoms with E-state index in [1.165, 1.54) is 26.2 Å². The first kappa shape index (κ1) is 13.7. The lowest BCUT2D eigenvalue weighted by atomic mass is 10.1. The Balaban J connectivity index is 2.29. The van der Waals surface area contributed by atoms with Gasteiger partial charge < -0.3 is 5.32 Å². The van der Waals surface area contributed by atoms with Gasteiger partial charge in [-0.25, -0.2) is 0 Å². The van der Waals surface area contributed by atoms with Crippen LogP contribution in [0.3, 0.4) is 0 Å². The van der Waals surface area contributed by atoms with Crippen molar-refractivity contribution in [2.75, 3.05) is 39.3 Å². The molecular weight excluding hydrogens is 198 g/mol. The zero-order valence-electron chi connectivity index (χ0n) is 11.1. The maximum absolute atomic E-state index is 3.72. The molecule has 2 unspecified atom stereocenters. The molecule has 0 saturated carbocycles. The highest BCUT2D eigenvalue weighted by Gasteiger charge is 2.24. The average Bonchev–Trinajstić information content (AvgIpc) is 2.29. The van der Waals surface area contributed by atoms with Crippen LogP contribution in [0, 0.1) is 0 Å². The molecule has 1 heterocycles. The van der Waals surface area contributed by atoms with Crippen molar-refractivity contribution in [3.8, 4) is 0 Å². The molecule has 3 nitrogen and oxygen atoms in total. The fourth-order valence-corrected chi connectivity index (χ4v) is 2.42. The minimum Gasteiger partial charge on any atom is -0.312 e. The van der Waals surface area contributed by atoms with E-state index in [-0.39, 0.29) is 0 Å². The summed E-state index contributed by atoms with van der Waals surface area (Å²) in [5.74, 6) is 0. The van der Waals surface area contributed by atoms with E-state index in [0.29, 0.717) is 12.1 Å². The Bertz CT molecular complexity index is 205. The van der Waals surface area contributed by atoms with E-state index in [2.05, 4.69) is 42.5 Å². The van der Waals surface area contributed by atoms with Crippen LogP contribution in [-0.4, -0.2) is 61.2 Å². The minimum absolute atomic E-state index is 0.626. The summed E-state index contributed by atoms with van der Waals surface area (Å²) in [4.78, 5) is 5.15. The Kier molecular flexibility index (Phi) is 6.03. The molecule has 1 saturated heterocycles. The van der Waals surface area contributed by atoms with Crippen molar-refractivity contribution in [3.05, 3.63) is 12.7 Å². The summed E-state index contributed by atoms with van der Waals surface area (Å²) in [6.07, 6.45) is 1.92. The summed E-state index contributed by atoms with van der Waals surface area (Å²) in [6, 6.07) is 1.32. The van der Waals surface area contributed by atoms with Gasteiger partial charge in [-0.2, -0.15) is 0 Å². The van der Waals surface area contributed by atoms with Gasteiger partial charge in [0.05, 0.1) is 0 Å². The summed E-state index contributed by atoms with van der Waals surface area (Å²) < 4.78 is 0. The molecular formula is C13H27N3. The standard InChI is InChI=1S/C13H27N3/c1-5-7-14-10-12(3)16-9-8-15(6-2)13(4)11-16/h5,12-14H,1,6-11H2,2-4H3. The number of hydrogen-bond acceptors (Lipinski definition) is 3. The fraction of sp³-hybridized carbons (Fsp3) is 0.846. The fourth-order valence-electron chi connectivity index (χ4n) is 2.42. The van der Waals surface area contributed by atoms with E-state index in [4.69, 9.17) is 0 Å². The predicted octanol–water partition coefficient (Wildman–Crippen LogP) is 1.18. The molecule has 0 aliphatic carbocycles. The normalized spacial score (nSPS) is 25.6. The summed E-state index contributed by atoms with van der Waals surface area (Å²) >= 11 is 0. The Morgan fingerprint density at radius 2 is 2.25 bits per heavy atom. The van der Waals surface area contributed by atoms with Gasteiger partial charge in [-0.05, 0) is 20.4 Å². The zero-order chi connectivity index (χ0) is 12.0. The second kappa shape index (κ2) is 7.05. The molecule has 16 heavy (non-hydrogen) atoms. The maximum atomic E-state index is 3.72. The van der Waals surface area contributed by atoms with Crippen LogP contribution in [-0.2, 0) is 0 Å². The lowest BCUT2D eigenvalue weighted by Gasteiger charge is -2.42. The lowest BCUT2D eigenvalue weighted by Crippen LogP contribution is -2.55. The molecule has 0 amide bonds. The molecule has 3 heteroatoms. The summed E-state index contributed by atoms with van der Waals surface area (Å²) in [6.45, 7) is 17.4. The van der Waals surface area contributed by atoms with Crippen molar-refractivity contribution >= 4 is 0 Å². The van der Waals surface area contributed by atoms with Crippen molar-refractivity contribution in [2.24, 2.45) is 0 Å². The van der Waals surface area contributed by atoms with Gasteiger partial charge >= 0.3 is 0 Å². The van der Waals surface area contributed by atoms with Gasteiger partial charge in [0.25, 0.3) is 0 Å². The Hall–Kier alpha value is -0.380. The number of nitrogens with one attached hydrogen (secondary N) is 1. The van der Waals surface area contributed by atoms with E-state index in [1.807, 2.05) is 6.08 Å². The van der Waals surface area contributed by atoms with Crippen LogP contribution >= 0.6 is 0 Å². The highest BCUT2D eigenvalue weighted by Crippen LogP contribution is 2.11. The van der Waals surface area contributed by atoms with Crippen molar-refractivity contribution in [2.45, 2.75) is 32.9 Å². The first-order valence-corrected chi connectivity index (χ1v) is 6.48. The van der Waals surface area contributed by atoms with E-state index in [1.54, 1.807) is 0 Å². The number of piperazine rings is 1. The van der Waals surface area contributed by atoms with E-state index in [9.17, 15) is 0 Å². The second-order valence-electron chi connectivity index (χ2n) is 4.77. The van der Waals surface area contributed by atoms with E-state index >= 15 is 0 Å². The first-order chi connectivity index (χ1) is 7.69. The van der Waals surface area contributed by atoms with Crippen molar-refractivity contribution < 1.29 is 0 Å². The molecule has 0 aromatic heterocycles. The molecule has 0 aromatic rings. The molecule has 2 atom stereocenters. The molecule has 0 bridgehead atoms. The minimum atomic E-state index is 0.626. The molecule has 94 valence electrons. The quantitative estimate of drug-likeness (QED) is 0.541. The van der Waals surface area contributed by atoms with Gasteiger partial charge in [0, 0.05) is 44.8 Å². The van der Waals surface area contributed by atoms with Crippen molar-refractivity contribution in [1.29, 1.82) is 0 Å². The van der Waals surface area contributed by atoms with Crippen molar-refractivity contribution in [1.82, 2.24) is 15.1 Å². The smallest absolute Gasteiger partial charge is 0.0195 e. The van der Waals surface area contributed by atoms with Gasteiger partial charge in [0.15, 0.2) is 0 Å². The van der Waals surface area contributed by atoms with Crippen LogP contribution in [0.2, 0.25) is 0 Å². The monoisotopic (exact) mass is 225 g/mol. The van der Waals surface area contributed by atoms with Gasteiger partial charge in [0.2, 0.25) is 0 Å². The van der Waals surface area contributed by atoms with Crippen molar-refractivity contribution in [3.63, 3.8) is 0 Å². The van der Waals surface area contributed by atoms with Crippen LogP contribution < -0.4 is 5.32 Å². The Labute approximate surface area is 100 Å². The molecule has 1 aliphatic rings. The highest BCUT2D eigenvalue weighted by molar-refractivity contribution is 4.82. The van der Waals surface area contributed by atoms with Crippen LogP contribution in [0.4, 0.5) is 0 Å². The van der Waals surface area contributed by atoms with Crippen LogP contribution in [0.25, 0.3) is 0 Å². The number of likely N-dealkylation sites (N-methyl/N-ethyl adjacent to an activating group) is 1. The first-order valence-electron chi connectivity index (χ1n) is 6.48. The third-order valence-corrected chi connectivity index (χ3v) is 3.55. The predicted molar refractivity (Wildman–Crippen MR) is 70.8 cm³/mol. The van der Waals surface area contributed by atoms with Gasteiger partial charge in [-0.3, -0.25) is 9.80 Å². The topological polar surface area (TPSA) is 18.5 Å². The molecule has 1 fully saturated rings. The third kappa shape index (κ3) is 3.89. The molecule has 1 rings (SSSR count). The van der Waals surface area contributed by atoms with Gasteiger partial charge in [-0.1, -0.05) is 13.0 Å². The largest absolute Gasteiger partial charge is 0.312 e. The number of nitrogens with zero attached hydrogens (tertiary/aromatic N) is 2. The van der Waals surface area contributed by atoms with Gasteiger partial charge in [0.1, 0.15) is 0 Å². The summed E-state index contributed by atoms with van der Waals surface area (Å²) in [7, 11) is 0. The third-order valence-electron chi connectivity index (χ3n) is 3.55. The summed E-state index contributed by atoms with van der Waals surface area (Å²) in [5.41, 5.74) is 0. The molecule has 1 N–H and O–H groups in total. The van der Waals surface area contributed by atoms with Gasteiger partial charge in [-0.15, -0.1) is 6.58 Å². The van der Waals surface area contributed by atoms with E-state index in [0.717, 1.165) is 13.1 Å². The Morgan fingerprint density at radius 3 is 2.81 bits per heavy atom. The SMILES string of the molecule is C=CCNCC(C)N1CCN(CC)C(C)C1. The van der Waals surface area contributed by atoms with E-state index < -0.39 is 0 Å². The number of rotatable bonds is 6. The highest BCUT2D eigenvalue weighted by atomic mass is 15.3. The maximum Gasteiger partial charge on any atom is 0.0195 e. The summed E-state index contributed by atoms with van der Waals surface area (Å²) in [5, 5.41) is 3.40. The molecule has 1 aliphatic heterocycles. The zero-order valence-corrected chi connectivity index (χ0v) is 11.1. The van der Waals surface area contributed by atoms with Crippen LogP contribution in [0.15, 0.2) is 12.7 Å². The molecule has 0 radical (unpaired) electrons. The molecule has 0 aromatic carbocycles. The van der Waals surface area contributed by atoms with Crippen LogP contribution in [0.5, 0.6) is 0 Å². The Morgan fingerprint density at radius 1 is 1.50 bits per heavy atom. The average molecular weight is 225 g/mol. The number of hydrogen-bond donors (Lipinski definition) is 1. The molecule has 0 spiro atoms. The second-order valence-corrected chi connectivity index (χ2v) is 4.77.